The molecule has 0 atom stereocenters. The number of ether oxygens (including phenoxy) is 4. The minimum Gasteiger partial charge on any atom is -0.855 e. The number of amides is 2. The van der Waals surface area contributed by atoms with Gasteiger partial charge in [0, 0.05) is 35.8 Å². The van der Waals surface area contributed by atoms with Crippen molar-refractivity contribution in [1.82, 2.24) is 64.9 Å². The fourth-order valence-electron chi connectivity index (χ4n) is 9.13. The number of aromatic carboxylic acids is 1. The average molecular weight is 2030 g/mol. The molecule has 11 aromatic rings. The van der Waals surface area contributed by atoms with Gasteiger partial charge in [0.05, 0.1) is 114 Å². The molecule has 4 aromatic carbocycles. The van der Waals surface area contributed by atoms with E-state index < -0.39 is 58.3 Å². The van der Waals surface area contributed by atoms with Crippen LogP contribution < -0.4 is 73.0 Å². The quantitative estimate of drug-likeness (QED) is 0.00316. The average Bonchev–Trinajstić information content (AvgIpc) is 0.955. The molecule has 0 fully saturated rings. The van der Waals surface area contributed by atoms with E-state index in [-0.39, 0.29) is 187 Å². The summed E-state index contributed by atoms with van der Waals surface area (Å²) < 4.78 is 28.2. The zero-order valence-corrected chi connectivity index (χ0v) is 77.9. The summed E-state index contributed by atoms with van der Waals surface area (Å²) in [6, 6.07) is 44.3. The smallest absolute Gasteiger partial charge is 0.855 e. The van der Waals surface area contributed by atoms with Crippen LogP contribution in [0.1, 0.15) is 177 Å². The molecule has 136 heavy (non-hydrogen) atoms. The third kappa shape index (κ3) is 49.2. The van der Waals surface area contributed by atoms with E-state index in [4.69, 9.17) is 83.7 Å². The molecule has 40 nitrogen and oxygen atoms in total. The number of hydrogen-bond acceptors (Lipinski definition) is 32. The van der Waals surface area contributed by atoms with Crippen LogP contribution in [0.4, 0.5) is 34.4 Å². The molecule has 7 heterocycles. The summed E-state index contributed by atoms with van der Waals surface area (Å²) in [5.41, 5.74) is 20.8. The number of esters is 4. The summed E-state index contributed by atoms with van der Waals surface area (Å²) in [6.45, 7) is 24.7. The molecule has 0 radical (unpaired) electrons. The fourth-order valence-corrected chi connectivity index (χ4v) is 9.75. The molecule has 0 saturated carbocycles. The number of carbonyl (C=O) groups is 7. The number of allylic oxidation sites excluding steroid dienone is 1. The first kappa shape index (κ1) is 135. The maximum atomic E-state index is 11.7. The van der Waals surface area contributed by atoms with E-state index in [1.807, 2.05) is 59.6 Å². The van der Waals surface area contributed by atoms with Crippen LogP contribution in [-0.2, 0) is 37.9 Å². The predicted octanol–water partition coefficient (Wildman–Crippen LogP) is 14.3. The largest absolute Gasteiger partial charge is 1.00 e. The number of rotatable bonds is 21. The van der Waals surface area contributed by atoms with Crippen LogP contribution in [0.3, 0.4) is 0 Å². The van der Waals surface area contributed by atoms with Gasteiger partial charge in [0.1, 0.15) is 73.6 Å². The number of para-hydroxylation sites is 1. The van der Waals surface area contributed by atoms with Crippen molar-refractivity contribution in [3.05, 3.63) is 264 Å². The number of pyridine rings is 4. The molecule has 0 unspecified atom stereocenters. The van der Waals surface area contributed by atoms with Crippen LogP contribution in [0.2, 0.25) is 15.5 Å². The Morgan fingerprint density at radius 1 is 0.551 bits per heavy atom. The summed E-state index contributed by atoms with van der Waals surface area (Å²) in [5, 5.41) is 89.4. The minimum atomic E-state index is -3.22. The maximum absolute atomic E-state index is 11.7. The van der Waals surface area contributed by atoms with E-state index in [0.29, 0.717) is 39.8 Å². The van der Waals surface area contributed by atoms with Gasteiger partial charge in [0.2, 0.25) is 5.88 Å². The van der Waals surface area contributed by atoms with E-state index in [0.717, 1.165) is 30.5 Å². The number of nitrogens with one attached hydrogen (secondary N) is 3. The molecule has 0 spiro atoms. The van der Waals surface area contributed by atoms with Gasteiger partial charge in [-0.25, -0.2) is 45.5 Å². The number of nitrogens with zero attached hydrogens (tertiary/aromatic N) is 18. The number of aryl methyl sites for hydroxylation is 1. The Balaban J connectivity index is -0.000000280. The summed E-state index contributed by atoms with van der Waals surface area (Å²) >= 11 is 31.0. The first-order valence-electron chi connectivity index (χ1n) is 36.9. The van der Waals surface area contributed by atoms with E-state index in [1.165, 1.54) is 44.4 Å². The van der Waals surface area contributed by atoms with Gasteiger partial charge in [0.15, 0.2) is 0 Å². The van der Waals surface area contributed by atoms with Gasteiger partial charge in [-0.3, -0.25) is 23.9 Å². The number of carboxylic acid groups (broad SMARTS) is 1. The second kappa shape index (κ2) is 73.6. The molecular weight excluding hydrogens is 1920 g/mol. The summed E-state index contributed by atoms with van der Waals surface area (Å²) in [4.78, 5) is 112. The van der Waals surface area contributed by atoms with Gasteiger partial charge in [-0.1, -0.05) is 136 Å². The number of aromatic hydroxyl groups is 1. The van der Waals surface area contributed by atoms with Gasteiger partial charge in [-0.15, -0.1) is 6.61 Å². The van der Waals surface area contributed by atoms with Gasteiger partial charge in [0.25, 0.3) is 23.9 Å². The number of nitrogen functional groups attached to an aromatic ring is 1. The number of H-pyrrole nitrogens is 1. The Morgan fingerprint density at radius 2 is 0.919 bits per heavy atom. The summed E-state index contributed by atoms with van der Waals surface area (Å²) in [6.07, 6.45) is 10.9. The third-order valence-corrected chi connectivity index (χ3v) is 15.4. The second-order valence-corrected chi connectivity index (χ2v) is 31.0. The number of nitriles is 4. The van der Waals surface area contributed by atoms with Gasteiger partial charge >= 0.3 is 64.6 Å². The van der Waals surface area contributed by atoms with Crippen molar-refractivity contribution >= 4 is 150 Å². The molecule has 0 bridgehead atoms. The molecule has 726 valence electrons. The van der Waals surface area contributed by atoms with Crippen LogP contribution >= 0.6 is 73.7 Å². The maximum Gasteiger partial charge on any atom is 1.00 e. The van der Waals surface area contributed by atoms with Crippen LogP contribution in [0.25, 0.3) is 21.9 Å². The van der Waals surface area contributed by atoms with Crippen molar-refractivity contribution in [3.8, 4) is 47.2 Å². The SMILES string of the molecule is C.C.C.C.C.C.C.CC=C(C(=O)OCC)C(=O)OCC.CCN(CC)c1ccccc1.CCOC(=O)c1cc(C#N)c(=O)[nH]c1O.CCOC(=O)c1cc(C#N)c(Cl)nc1Cl.CC[O-].Cc1nc(Nc2cccc(-n3nccn3)c2)c(C(N)=O)cc1C#N.N#Cc1cc(C(=O)O)c(Nc2cccc(-n3nccn3)c2)nc1Cl.Nc1cccc(-n2nccn2)c1.O=P(Cl)(Cl)Cl.[C-]#[N+]CC(N)=O.[Na+]. The molecule has 48 heteroatoms. The van der Waals surface area contributed by atoms with E-state index in [9.17, 15) is 53.1 Å². The number of aromatic amines is 1. The Labute approximate surface area is 842 Å². The molecule has 7 aromatic heterocycles. The molecule has 0 aliphatic rings. The minimum absolute atomic E-state index is 0. The summed E-state index contributed by atoms with van der Waals surface area (Å²) in [7, 11) is 0. The van der Waals surface area contributed by atoms with E-state index in [2.05, 4.69) is 158 Å². The molecule has 0 aliphatic heterocycles. The fraction of sp³-hybridized carbons (Fsp3) is 0.273. The first-order chi connectivity index (χ1) is 60.9. The Kier molecular flexibility index (Phi) is 73.1. The number of carboxylic acids is 1. The van der Waals surface area contributed by atoms with Crippen molar-refractivity contribution in [1.29, 1.82) is 21.0 Å². The van der Waals surface area contributed by atoms with Gasteiger partial charge in [-0.2, -0.15) is 66.0 Å². The van der Waals surface area contributed by atoms with E-state index in [1.54, 1.807) is 134 Å². The Hall–Kier alpha value is -13.9. The standard InChI is InChI=1S/C16H13N7O.C15H9ClN6O2.C10H15N.C9H6Cl2N2O2.C9H8N2O4.C9H14O4.C8H8N4.C3H4N2O.C2H5O.7CH4.Cl3OP.Na/c1-10-11(9-17)7-14(15(18)24)16(21-10)22-12-3-2-4-13(8-12)23-19-5-6-20-23;16-13-9(8-17)6-12(15(23)24)14(21-13)20-10-2-1-3-11(7-10)22-18-4-5-19-22;1-3-11(4-2)10-8-6-5-7-9-10;1-2-15-9(14)6-3-5(4-12)7(10)13-8(6)11;1-2-15-9(14)6-3-5(4-10)7(12)11-8(6)13;1-4-7(8(10)12-5-2)9(11)13-6-3;9-7-2-1-3-8(6-7)12-10-4-5-11-12;1-5-2-3(4)6;1-2-3;;;;;;;;1-5(2,3)4;/h2-8H,1H3,(H2,18,24)(H,21,22);1-7H,(H,20,21)(H,23,24);5-9H,3-4H2,1-2H3;3H,2H2,1H3;3H,2H2,1H3,(H2,11,12,13);4H,5-6H2,1-3H3;1-6H,9H2;2H2,(H2,4,6);2H2,1H3;7*1H4;;/q;;;;;;;;-1;;;;;;;;;+1. The first-order valence-corrected chi connectivity index (χ1v) is 42.4. The molecule has 2 amide bonds. The van der Waals surface area contributed by atoms with Crippen molar-refractivity contribution < 1.29 is 102 Å². The monoisotopic (exact) mass is 2020 g/mol. The van der Waals surface area contributed by atoms with Crippen LogP contribution in [0, 0.1) is 58.8 Å². The van der Waals surface area contributed by atoms with Gasteiger partial charge in [-0.05, 0) is 180 Å². The summed E-state index contributed by atoms with van der Waals surface area (Å²) in [5.74, 6) is -5.39. The zero-order valence-electron chi connectivity index (χ0n) is 70.4. The Bertz CT molecular complexity index is 5680. The van der Waals surface area contributed by atoms with Crippen LogP contribution in [0.5, 0.6) is 5.88 Å². The second-order valence-electron chi connectivity index (χ2n) is 23.3. The van der Waals surface area contributed by atoms with Crippen molar-refractivity contribution in [2.24, 2.45) is 11.5 Å². The zero-order chi connectivity index (χ0) is 96.0. The number of hydrogen-bond donors (Lipinski definition) is 8. The number of nitrogens with two attached hydrogens (primary N) is 3. The van der Waals surface area contributed by atoms with E-state index >= 15 is 0 Å². The number of anilines is 6. The number of halogens is 6. The van der Waals surface area contributed by atoms with Gasteiger partial charge < -0.3 is 71.8 Å². The number of primary amides is 2. The normalized spacial score (nSPS) is 9.02. The van der Waals surface area contributed by atoms with Crippen LogP contribution in [-0.4, -0.2) is 169 Å². The number of carbonyl (C=O) groups excluding carboxylic acids is 6. The number of aromatic nitrogens is 13. The number of benzene rings is 4. The Morgan fingerprint density at radius 3 is 1.27 bits per heavy atom. The third-order valence-electron chi connectivity index (χ3n) is 14.5. The molecule has 0 aliphatic carbocycles. The molecular formula is C88H110Cl6N24NaO16P. The van der Waals surface area contributed by atoms with Crippen molar-refractivity contribution in [2.75, 3.05) is 73.9 Å². The molecule has 11 rings (SSSR count). The molecule has 0 saturated heterocycles. The molecule has 11 N–H and O–H groups in total. The predicted molar refractivity (Wildman–Crippen MR) is 523 cm³/mol. The van der Waals surface area contributed by atoms with Crippen molar-refractivity contribution in [2.45, 2.75) is 114 Å². The van der Waals surface area contributed by atoms with Crippen LogP contribution in [0.15, 0.2) is 181 Å². The van der Waals surface area contributed by atoms with Crippen molar-refractivity contribution in [3.63, 3.8) is 0 Å². The topological polar surface area (TPSA) is 606 Å².